The van der Waals surface area contributed by atoms with Crippen LogP contribution < -0.4 is 5.73 Å². The summed E-state index contributed by atoms with van der Waals surface area (Å²) in [6, 6.07) is 0. The topological polar surface area (TPSA) is 64.9 Å². The van der Waals surface area contributed by atoms with Crippen molar-refractivity contribution in [1.82, 2.24) is 10.1 Å². The second-order valence-corrected chi connectivity index (χ2v) is 3.20. The van der Waals surface area contributed by atoms with Gasteiger partial charge in [0.05, 0.1) is 5.39 Å². The average molecular weight is 177 g/mol. The van der Waals surface area contributed by atoms with Crippen LogP contribution >= 0.6 is 0 Å². The monoisotopic (exact) mass is 177 g/mol. The van der Waals surface area contributed by atoms with Crippen molar-refractivity contribution >= 4 is 16.9 Å². The van der Waals surface area contributed by atoms with E-state index in [-0.39, 0.29) is 0 Å². The van der Waals surface area contributed by atoms with Gasteiger partial charge >= 0.3 is 0 Å². The number of pyridine rings is 1. The summed E-state index contributed by atoms with van der Waals surface area (Å²) in [7, 11) is 0. The molecule has 2 rings (SSSR count). The van der Waals surface area contributed by atoms with Crippen LogP contribution in [0.3, 0.4) is 0 Å². The zero-order valence-corrected chi connectivity index (χ0v) is 7.88. The first-order chi connectivity index (χ1) is 6.11. The second-order valence-electron chi connectivity index (χ2n) is 3.20. The lowest BCUT2D eigenvalue weighted by Crippen LogP contribution is -1.93. The SMILES string of the molecule is Cc1nc2onc(N)c2c(C)c1C. The minimum absolute atomic E-state index is 0.420. The van der Waals surface area contributed by atoms with Crippen LogP contribution in [0.5, 0.6) is 0 Å². The predicted molar refractivity (Wildman–Crippen MR) is 50.4 cm³/mol. The molecule has 0 atom stereocenters. The molecule has 0 aliphatic heterocycles. The molecule has 0 aliphatic rings. The van der Waals surface area contributed by atoms with Crippen molar-refractivity contribution in [3.8, 4) is 0 Å². The molecule has 0 aliphatic carbocycles. The standard InChI is InChI=1S/C9H11N3O/c1-4-5(2)7-8(10)12-13-9(7)11-6(4)3/h1-3H3,(H2,10,12). The molecule has 0 saturated carbocycles. The second kappa shape index (κ2) is 2.45. The van der Waals surface area contributed by atoms with E-state index in [0.29, 0.717) is 11.5 Å². The maximum absolute atomic E-state index is 5.65. The number of nitrogens with two attached hydrogens (primary N) is 1. The summed E-state index contributed by atoms with van der Waals surface area (Å²) in [4.78, 5) is 4.25. The third-order valence-corrected chi connectivity index (χ3v) is 2.45. The van der Waals surface area contributed by atoms with Crippen LogP contribution in [-0.4, -0.2) is 10.1 Å². The Morgan fingerprint density at radius 2 is 1.85 bits per heavy atom. The predicted octanol–water partition coefficient (Wildman–Crippen LogP) is 1.73. The molecule has 0 bridgehead atoms. The fourth-order valence-electron chi connectivity index (χ4n) is 1.42. The number of fused-ring (bicyclic) bond motifs is 1. The first-order valence-corrected chi connectivity index (χ1v) is 4.10. The summed E-state index contributed by atoms with van der Waals surface area (Å²) in [5, 5.41) is 4.52. The summed E-state index contributed by atoms with van der Waals surface area (Å²) in [5.41, 5.74) is 9.38. The lowest BCUT2D eigenvalue weighted by molar-refractivity contribution is 0.452. The number of nitrogens with zero attached hydrogens (tertiary/aromatic N) is 2. The minimum Gasteiger partial charge on any atom is -0.380 e. The van der Waals surface area contributed by atoms with E-state index in [2.05, 4.69) is 10.1 Å². The van der Waals surface area contributed by atoms with E-state index in [1.54, 1.807) is 0 Å². The summed E-state index contributed by atoms with van der Waals surface area (Å²) in [5.74, 6) is 0.420. The van der Waals surface area contributed by atoms with Crippen molar-refractivity contribution in [1.29, 1.82) is 0 Å². The van der Waals surface area contributed by atoms with Crippen molar-refractivity contribution in [3.63, 3.8) is 0 Å². The molecule has 0 spiro atoms. The van der Waals surface area contributed by atoms with Crippen molar-refractivity contribution < 1.29 is 4.52 Å². The van der Waals surface area contributed by atoms with Gasteiger partial charge in [-0.25, -0.2) is 4.98 Å². The fraction of sp³-hybridized carbons (Fsp3) is 0.333. The maximum atomic E-state index is 5.65. The highest BCUT2D eigenvalue weighted by molar-refractivity contribution is 5.88. The largest absolute Gasteiger partial charge is 0.380 e. The zero-order chi connectivity index (χ0) is 9.59. The third-order valence-electron chi connectivity index (χ3n) is 2.45. The van der Waals surface area contributed by atoms with Crippen LogP contribution in [0.2, 0.25) is 0 Å². The Labute approximate surface area is 75.7 Å². The maximum Gasteiger partial charge on any atom is 0.260 e. The van der Waals surface area contributed by atoms with Gasteiger partial charge in [0, 0.05) is 5.69 Å². The number of rotatable bonds is 0. The summed E-state index contributed by atoms with van der Waals surface area (Å²) >= 11 is 0. The highest BCUT2D eigenvalue weighted by Gasteiger charge is 2.12. The Hall–Kier alpha value is -1.58. The van der Waals surface area contributed by atoms with E-state index >= 15 is 0 Å². The van der Waals surface area contributed by atoms with Gasteiger partial charge in [-0.3, -0.25) is 0 Å². The lowest BCUT2D eigenvalue weighted by Gasteiger charge is -2.03. The molecule has 4 nitrogen and oxygen atoms in total. The molecule has 0 radical (unpaired) electrons. The molecule has 0 aromatic carbocycles. The Morgan fingerprint density at radius 1 is 1.15 bits per heavy atom. The molecule has 13 heavy (non-hydrogen) atoms. The first-order valence-electron chi connectivity index (χ1n) is 4.10. The van der Waals surface area contributed by atoms with E-state index in [1.165, 1.54) is 0 Å². The fourth-order valence-corrected chi connectivity index (χ4v) is 1.42. The molecule has 2 aromatic rings. The number of hydrogen-bond donors (Lipinski definition) is 1. The highest BCUT2D eigenvalue weighted by Crippen LogP contribution is 2.25. The first kappa shape index (κ1) is 8.04. The molecule has 2 heterocycles. The highest BCUT2D eigenvalue weighted by atomic mass is 16.5. The van der Waals surface area contributed by atoms with E-state index < -0.39 is 0 Å². The van der Waals surface area contributed by atoms with Gasteiger partial charge in [-0.05, 0) is 31.9 Å². The number of aromatic nitrogens is 2. The van der Waals surface area contributed by atoms with Gasteiger partial charge in [0.25, 0.3) is 5.71 Å². The molecule has 2 aromatic heterocycles. The Balaban J connectivity index is 2.97. The van der Waals surface area contributed by atoms with E-state index in [4.69, 9.17) is 10.3 Å². The summed E-state index contributed by atoms with van der Waals surface area (Å²) in [6.45, 7) is 5.96. The molecule has 2 N–H and O–H groups in total. The molecule has 0 unspecified atom stereocenters. The number of hydrogen-bond acceptors (Lipinski definition) is 4. The average Bonchev–Trinajstić information content (AvgIpc) is 2.43. The van der Waals surface area contributed by atoms with Gasteiger partial charge in [-0.15, -0.1) is 0 Å². The molecule has 0 fully saturated rings. The van der Waals surface area contributed by atoms with Crippen molar-refractivity contribution in [2.45, 2.75) is 20.8 Å². The summed E-state index contributed by atoms with van der Waals surface area (Å²) in [6.07, 6.45) is 0. The van der Waals surface area contributed by atoms with Gasteiger partial charge in [0.15, 0.2) is 5.82 Å². The molecule has 0 amide bonds. The van der Waals surface area contributed by atoms with E-state index in [0.717, 1.165) is 22.2 Å². The van der Waals surface area contributed by atoms with E-state index in [9.17, 15) is 0 Å². The number of nitrogen functional groups attached to an aromatic ring is 1. The van der Waals surface area contributed by atoms with E-state index in [1.807, 2.05) is 20.8 Å². The van der Waals surface area contributed by atoms with Crippen molar-refractivity contribution in [2.24, 2.45) is 0 Å². The van der Waals surface area contributed by atoms with Crippen LogP contribution in [0.25, 0.3) is 11.1 Å². The van der Waals surface area contributed by atoms with Gasteiger partial charge in [-0.1, -0.05) is 5.16 Å². The Kier molecular flexibility index (Phi) is 1.52. The quantitative estimate of drug-likeness (QED) is 0.665. The minimum atomic E-state index is 0.420. The molecule has 0 saturated heterocycles. The molecular weight excluding hydrogens is 166 g/mol. The number of anilines is 1. The zero-order valence-electron chi connectivity index (χ0n) is 7.88. The molecule has 68 valence electrons. The van der Waals surface area contributed by atoms with Crippen molar-refractivity contribution in [3.05, 3.63) is 16.8 Å². The van der Waals surface area contributed by atoms with Gasteiger partial charge in [0.2, 0.25) is 0 Å². The van der Waals surface area contributed by atoms with Crippen molar-refractivity contribution in [2.75, 3.05) is 5.73 Å². The number of aryl methyl sites for hydroxylation is 2. The van der Waals surface area contributed by atoms with Gasteiger partial charge < -0.3 is 10.3 Å². The van der Waals surface area contributed by atoms with Crippen LogP contribution in [0.1, 0.15) is 16.8 Å². The lowest BCUT2D eigenvalue weighted by atomic mass is 10.1. The smallest absolute Gasteiger partial charge is 0.260 e. The Bertz CT molecular complexity index is 473. The Morgan fingerprint density at radius 3 is 2.54 bits per heavy atom. The summed E-state index contributed by atoms with van der Waals surface area (Å²) < 4.78 is 4.98. The van der Waals surface area contributed by atoms with Gasteiger partial charge in [0.1, 0.15) is 0 Å². The van der Waals surface area contributed by atoms with Crippen LogP contribution in [0.4, 0.5) is 5.82 Å². The molecular formula is C9H11N3O. The van der Waals surface area contributed by atoms with Crippen LogP contribution in [0, 0.1) is 20.8 Å². The van der Waals surface area contributed by atoms with Crippen LogP contribution in [-0.2, 0) is 0 Å². The molecule has 4 heteroatoms. The normalized spacial score (nSPS) is 11.0. The third kappa shape index (κ3) is 0.983. The van der Waals surface area contributed by atoms with Gasteiger partial charge in [-0.2, -0.15) is 0 Å². The van der Waals surface area contributed by atoms with Crippen LogP contribution in [0.15, 0.2) is 4.52 Å².